The molecule has 2 aliphatic rings. The van der Waals surface area contributed by atoms with E-state index >= 15 is 0 Å². The number of benzene rings is 1. The molecule has 1 N–H and O–H groups in total. The second kappa shape index (κ2) is 6.44. The molecule has 8 heteroatoms. The smallest absolute Gasteiger partial charge is 0.250 e. The lowest BCUT2D eigenvalue weighted by molar-refractivity contribution is 0.278. The van der Waals surface area contributed by atoms with Crippen molar-refractivity contribution in [2.45, 2.75) is 18.9 Å². The predicted molar refractivity (Wildman–Crippen MR) is 97.3 cm³/mol. The van der Waals surface area contributed by atoms with Gasteiger partial charge in [0, 0.05) is 37.3 Å². The molecule has 27 heavy (non-hydrogen) atoms. The second-order valence-corrected chi connectivity index (χ2v) is 6.99. The monoisotopic (exact) mass is 362 g/mol. The van der Waals surface area contributed by atoms with E-state index in [1.54, 1.807) is 12.1 Å². The van der Waals surface area contributed by atoms with Crippen LogP contribution < -0.4 is 15.7 Å². The van der Waals surface area contributed by atoms with Gasteiger partial charge in [-0.2, -0.15) is 10.5 Å². The summed E-state index contributed by atoms with van der Waals surface area (Å²) >= 11 is 0. The van der Waals surface area contributed by atoms with Gasteiger partial charge in [-0.3, -0.25) is 10.0 Å². The van der Waals surface area contributed by atoms with Crippen LogP contribution in [0.1, 0.15) is 29.2 Å². The fraction of sp³-hybridized carbons (Fsp3) is 0.316. The minimum atomic E-state index is -0.264. The van der Waals surface area contributed by atoms with Gasteiger partial charge >= 0.3 is 0 Å². The Hall–Kier alpha value is -3.33. The Morgan fingerprint density at radius 2 is 1.89 bits per heavy atom. The van der Waals surface area contributed by atoms with Gasteiger partial charge < -0.3 is 19.9 Å². The molecule has 2 aliphatic heterocycles. The number of piperidine rings is 1. The van der Waals surface area contributed by atoms with Crippen molar-refractivity contribution < 1.29 is 5.21 Å². The van der Waals surface area contributed by atoms with Crippen molar-refractivity contribution in [3.05, 3.63) is 62.7 Å². The first-order valence-electron chi connectivity index (χ1n) is 8.61. The number of nitriles is 2. The van der Waals surface area contributed by atoms with Gasteiger partial charge in [0.05, 0.1) is 22.5 Å². The Bertz CT molecular complexity index is 1050. The highest BCUT2D eigenvalue weighted by molar-refractivity contribution is 5.76. The van der Waals surface area contributed by atoms with Crippen molar-refractivity contribution in [2.24, 2.45) is 5.92 Å². The van der Waals surface area contributed by atoms with Crippen LogP contribution in [-0.2, 0) is 6.54 Å². The highest BCUT2D eigenvalue weighted by Crippen LogP contribution is 2.40. The Morgan fingerprint density at radius 1 is 1.15 bits per heavy atom. The van der Waals surface area contributed by atoms with E-state index in [1.807, 2.05) is 27.7 Å². The second-order valence-electron chi connectivity index (χ2n) is 6.99. The Labute approximate surface area is 155 Å². The van der Waals surface area contributed by atoms with E-state index in [0.717, 1.165) is 12.1 Å². The molecule has 0 saturated carbocycles. The van der Waals surface area contributed by atoms with E-state index in [-0.39, 0.29) is 39.4 Å². The van der Waals surface area contributed by atoms with E-state index in [4.69, 9.17) is 0 Å². The SMILES string of the molecule is N#Cc1cc(N([O-])O)c(N2C[C@@H]3C[C@@H](C2)c2cccc(=O)n2C3)cc1C#N. The molecule has 0 amide bonds. The van der Waals surface area contributed by atoms with Gasteiger partial charge in [-0.05, 0) is 30.5 Å². The normalized spacial score (nSPS) is 20.4. The fourth-order valence-electron chi connectivity index (χ4n) is 4.26. The van der Waals surface area contributed by atoms with Crippen molar-refractivity contribution in [3.63, 3.8) is 0 Å². The zero-order valence-corrected chi connectivity index (χ0v) is 14.4. The highest BCUT2D eigenvalue weighted by Gasteiger charge is 2.35. The summed E-state index contributed by atoms with van der Waals surface area (Å²) < 4.78 is 1.81. The molecule has 2 aromatic rings. The molecule has 2 bridgehead atoms. The lowest BCUT2D eigenvalue weighted by atomic mass is 9.82. The van der Waals surface area contributed by atoms with Crippen LogP contribution in [0.15, 0.2) is 35.1 Å². The molecular formula is C19H16N5O3-. The molecule has 1 fully saturated rings. The molecule has 0 radical (unpaired) electrons. The van der Waals surface area contributed by atoms with Crippen LogP contribution in [0.3, 0.4) is 0 Å². The maximum absolute atomic E-state index is 12.1. The third-order valence-corrected chi connectivity index (χ3v) is 5.38. The third kappa shape index (κ3) is 2.81. The maximum atomic E-state index is 12.1. The number of rotatable bonds is 2. The fourth-order valence-corrected chi connectivity index (χ4v) is 4.26. The van der Waals surface area contributed by atoms with Gasteiger partial charge in [0.1, 0.15) is 12.1 Å². The van der Waals surface area contributed by atoms with Gasteiger partial charge in [0.2, 0.25) is 0 Å². The van der Waals surface area contributed by atoms with E-state index in [2.05, 4.69) is 0 Å². The first-order valence-corrected chi connectivity index (χ1v) is 8.61. The maximum Gasteiger partial charge on any atom is 0.250 e. The minimum absolute atomic E-state index is 0.0115. The molecule has 4 rings (SSSR count). The van der Waals surface area contributed by atoms with E-state index in [0.29, 0.717) is 25.3 Å². The summed E-state index contributed by atoms with van der Waals surface area (Å²) in [6.07, 6.45) is 0.941. The van der Waals surface area contributed by atoms with Crippen molar-refractivity contribution in [3.8, 4) is 12.1 Å². The van der Waals surface area contributed by atoms with Crippen LogP contribution >= 0.6 is 0 Å². The number of hydrogen-bond donors (Lipinski definition) is 1. The molecule has 0 aliphatic carbocycles. The van der Waals surface area contributed by atoms with Crippen LogP contribution in [0.2, 0.25) is 0 Å². The number of fused-ring (bicyclic) bond motifs is 4. The van der Waals surface area contributed by atoms with Gasteiger partial charge in [0.25, 0.3) is 5.56 Å². The van der Waals surface area contributed by atoms with Crippen LogP contribution in [0.25, 0.3) is 0 Å². The lowest BCUT2D eigenvalue weighted by Gasteiger charge is -2.45. The topological polar surface area (TPSA) is 119 Å². The number of nitrogens with zero attached hydrogens (tertiary/aromatic N) is 5. The number of anilines is 2. The molecule has 1 aromatic heterocycles. The summed E-state index contributed by atoms with van der Waals surface area (Å²) in [5, 5.41) is 39.4. The van der Waals surface area contributed by atoms with Crippen molar-refractivity contribution in [1.29, 1.82) is 10.5 Å². The van der Waals surface area contributed by atoms with Crippen LogP contribution in [0.4, 0.5) is 11.4 Å². The first kappa shape index (κ1) is 17.1. The van der Waals surface area contributed by atoms with Crippen molar-refractivity contribution >= 4 is 11.4 Å². The van der Waals surface area contributed by atoms with Crippen molar-refractivity contribution in [1.82, 2.24) is 4.57 Å². The molecular weight excluding hydrogens is 346 g/mol. The van der Waals surface area contributed by atoms with Crippen LogP contribution in [-0.4, -0.2) is 22.9 Å². The zero-order chi connectivity index (χ0) is 19.1. The molecule has 1 saturated heterocycles. The minimum Gasteiger partial charge on any atom is -0.733 e. The Kier molecular flexibility index (Phi) is 4.08. The summed E-state index contributed by atoms with van der Waals surface area (Å²) in [6, 6.07) is 11.8. The van der Waals surface area contributed by atoms with Crippen LogP contribution in [0.5, 0.6) is 0 Å². The summed E-state index contributed by atoms with van der Waals surface area (Å²) in [7, 11) is 0. The first-order chi connectivity index (χ1) is 13.0. The standard InChI is InChI=1S/C19H16N5O3/c20-7-13-5-17(18(24(26)27)6-14(13)8-21)22-9-12-4-15(11-22)16-2-1-3-19(25)23(16)10-12/h1-3,5-6,12,15,26H,4,9-11H2/q-1/t12-,15-/m0/s1. The lowest BCUT2D eigenvalue weighted by Crippen LogP contribution is -2.47. The van der Waals surface area contributed by atoms with E-state index in [1.165, 1.54) is 12.1 Å². The van der Waals surface area contributed by atoms with Crippen LogP contribution in [0, 0.1) is 33.8 Å². The van der Waals surface area contributed by atoms with Gasteiger partial charge in [-0.25, -0.2) is 0 Å². The van der Waals surface area contributed by atoms with Gasteiger partial charge in [-0.1, -0.05) is 6.07 Å². The Balaban J connectivity index is 1.77. The summed E-state index contributed by atoms with van der Waals surface area (Å²) in [4.78, 5) is 14.1. The van der Waals surface area contributed by atoms with Gasteiger partial charge in [0.15, 0.2) is 0 Å². The largest absolute Gasteiger partial charge is 0.733 e. The van der Waals surface area contributed by atoms with Gasteiger partial charge in [-0.15, -0.1) is 0 Å². The average Bonchev–Trinajstić information content (AvgIpc) is 2.67. The molecule has 1 aromatic carbocycles. The van der Waals surface area contributed by atoms with Crippen molar-refractivity contribution in [2.75, 3.05) is 23.2 Å². The average molecular weight is 362 g/mol. The molecule has 2 atom stereocenters. The predicted octanol–water partition coefficient (Wildman–Crippen LogP) is 1.91. The molecule has 8 nitrogen and oxygen atoms in total. The molecule has 3 heterocycles. The quantitative estimate of drug-likeness (QED) is 0.810. The summed E-state index contributed by atoms with van der Waals surface area (Å²) in [5.74, 6) is 0.323. The zero-order valence-electron chi connectivity index (χ0n) is 14.4. The molecule has 0 spiro atoms. The summed E-state index contributed by atoms with van der Waals surface area (Å²) in [5.41, 5.74) is 1.51. The molecule has 136 valence electrons. The Morgan fingerprint density at radius 3 is 2.59 bits per heavy atom. The van der Waals surface area contributed by atoms with E-state index in [9.17, 15) is 25.7 Å². The number of pyridine rings is 1. The number of aromatic nitrogens is 1. The number of hydrogen-bond acceptors (Lipinski definition) is 7. The third-order valence-electron chi connectivity index (χ3n) is 5.38. The summed E-state index contributed by atoms with van der Waals surface area (Å²) in [6.45, 7) is 1.74. The van der Waals surface area contributed by atoms with E-state index < -0.39 is 0 Å². The highest BCUT2D eigenvalue weighted by atomic mass is 16.8. The molecule has 0 unspecified atom stereocenters.